The van der Waals surface area contributed by atoms with Crippen LogP contribution in [-0.4, -0.2) is 82.1 Å². The number of carbonyl (C=O) groups is 2. The normalized spacial score (nSPS) is 14.4. The van der Waals surface area contributed by atoms with Crippen molar-refractivity contribution in [1.29, 1.82) is 0 Å². The van der Waals surface area contributed by atoms with Crippen LogP contribution >= 0.6 is 0 Å². The van der Waals surface area contributed by atoms with Gasteiger partial charge in [-0.15, -0.1) is 0 Å². The van der Waals surface area contributed by atoms with E-state index in [-0.39, 0.29) is 0 Å². The van der Waals surface area contributed by atoms with Gasteiger partial charge in [-0.1, -0.05) is 30.3 Å². The van der Waals surface area contributed by atoms with E-state index in [1.54, 1.807) is 0 Å². The van der Waals surface area contributed by atoms with Crippen LogP contribution in [0.3, 0.4) is 0 Å². The Morgan fingerprint density at radius 2 is 1.32 bits per heavy atom. The fourth-order valence-corrected chi connectivity index (χ4v) is 3.16. The predicted octanol–water partition coefficient (Wildman–Crippen LogP) is 4.28. The number of carboxylic acid groups (broad SMARTS) is 2. The van der Waals surface area contributed by atoms with Gasteiger partial charge >= 0.3 is 24.3 Å². The Balaban J connectivity index is 0.000000404. The van der Waals surface area contributed by atoms with Gasteiger partial charge in [0.05, 0.1) is 0 Å². The van der Waals surface area contributed by atoms with Gasteiger partial charge in [-0.05, 0) is 50.4 Å². The lowest BCUT2D eigenvalue weighted by Gasteiger charge is -2.21. The zero-order valence-electron chi connectivity index (χ0n) is 19.8. The highest BCUT2D eigenvalue weighted by Gasteiger charge is 2.38. The van der Waals surface area contributed by atoms with Crippen LogP contribution in [0.5, 0.6) is 0 Å². The molecule has 0 atom stereocenters. The lowest BCUT2D eigenvalue weighted by molar-refractivity contribution is -0.193. The maximum absolute atomic E-state index is 10.6. The van der Waals surface area contributed by atoms with E-state index in [1.165, 1.54) is 44.3 Å². The molecule has 1 aliphatic heterocycles. The Morgan fingerprint density at radius 3 is 1.84 bits per heavy atom. The predicted molar refractivity (Wildman–Crippen MR) is 122 cm³/mol. The Bertz CT molecular complexity index is 906. The number of benzene rings is 1. The summed E-state index contributed by atoms with van der Waals surface area (Å²) in [5.41, 5.74) is 1.45. The number of unbranched alkanes of at least 4 members (excludes halogenated alkanes) is 1. The topological polar surface area (TPSA) is 107 Å². The van der Waals surface area contributed by atoms with E-state index < -0.39 is 24.3 Å². The molecular formula is C23H28F6N4O4. The van der Waals surface area contributed by atoms with Gasteiger partial charge in [0.1, 0.15) is 0 Å². The third kappa shape index (κ3) is 14.0. The summed E-state index contributed by atoms with van der Waals surface area (Å²) < 4.78 is 63.5. The summed E-state index contributed by atoms with van der Waals surface area (Å²) in [6, 6.07) is 12.7. The molecule has 0 spiro atoms. The standard InChI is InChI=1S/C19H26N4.2C2HF3O2/c1-2-8-18(9-3-1)10-4-5-13-22-14-7-15-23(17-16-22)19-20-11-6-12-21-19;2*3-2(4,5)1(6)7/h1-3,6,8-9,11-12H,4-5,7,10,13-17H2;2*(H,6,7). The summed E-state index contributed by atoms with van der Waals surface area (Å²) in [6.07, 6.45) is -1.58. The molecule has 2 N–H and O–H groups in total. The molecule has 0 aliphatic carbocycles. The number of nitrogens with zero attached hydrogens (tertiary/aromatic N) is 4. The Morgan fingerprint density at radius 1 is 0.784 bits per heavy atom. The number of aryl methyl sites for hydroxylation is 1. The number of anilines is 1. The monoisotopic (exact) mass is 538 g/mol. The summed E-state index contributed by atoms with van der Waals surface area (Å²) in [5.74, 6) is -4.64. The maximum Gasteiger partial charge on any atom is 0.490 e. The van der Waals surface area contributed by atoms with Gasteiger partial charge in [-0.3, -0.25) is 0 Å². The van der Waals surface area contributed by atoms with Crippen LogP contribution in [0.1, 0.15) is 24.8 Å². The second-order valence-corrected chi connectivity index (χ2v) is 7.78. The molecule has 0 unspecified atom stereocenters. The molecule has 1 fully saturated rings. The van der Waals surface area contributed by atoms with E-state index in [2.05, 4.69) is 50.1 Å². The van der Waals surface area contributed by atoms with Crippen LogP contribution in [0.25, 0.3) is 0 Å². The van der Waals surface area contributed by atoms with Crippen LogP contribution in [0.2, 0.25) is 0 Å². The lowest BCUT2D eigenvalue weighted by atomic mass is 10.1. The van der Waals surface area contributed by atoms with E-state index in [9.17, 15) is 26.3 Å². The van der Waals surface area contributed by atoms with Crippen LogP contribution in [0.4, 0.5) is 32.3 Å². The average molecular weight is 538 g/mol. The molecule has 0 bridgehead atoms. The number of rotatable bonds is 6. The molecule has 206 valence electrons. The maximum atomic E-state index is 10.6. The second-order valence-electron chi connectivity index (χ2n) is 7.78. The molecular weight excluding hydrogens is 510 g/mol. The summed E-state index contributed by atoms with van der Waals surface area (Å²) in [5, 5.41) is 14.2. The van der Waals surface area contributed by atoms with Crippen molar-refractivity contribution in [3.63, 3.8) is 0 Å². The SMILES string of the molecule is O=C(O)C(F)(F)F.O=C(O)C(F)(F)F.c1ccc(CCCCN2CCCN(c3ncccn3)CC2)cc1. The van der Waals surface area contributed by atoms with Crippen LogP contribution in [0.15, 0.2) is 48.8 Å². The van der Waals surface area contributed by atoms with Crippen LogP contribution < -0.4 is 4.90 Å². The molecule has 8 nitrogen and oxygen atoms in total. The van der Waals surface area contributed by atoms with Crippen molar-refractivity contribution >= 4 is 17.9 Å². The lowest BCUT2D eigenvalue weighted by Crippen LogP contribution is -2.32. The first-order valence-corrected chi connectivity index (χ1v) is 11.2. The molecule has 1 saturated heterocycles. The van der Waals surface area contributed by atoms with E-state index in [4.69, 9.17) is 19.8 Å². The Hall–Kier alpha value is -3.42. The summed E-state index contributed by atoms with van der Waals surface area (Å²) in [4.78, 5) is 31.4. The van der Waals surface area contributed by atoms with E-state index in [0.29, 0.717) is 0 Å². The Labute approximate surface area is 209 Å². The minimum Gasteiger partial charge on any atom is -0.475 e. The number of aromatic nitrogens is 2. The van der Waals surface area contributed by atoms with Gasteiger partial charge in [0.25, 0.3) is 0 Å². The van der Waals surface area contributed by atoms with Gasteiger partial charge < -0.3 is 20.0 Å². The summed E-state index contributed by atoms with van der Waals surface area (Å²) >= 11 is 0. The fraction of sp³-hybridized carbons (Fsp3) is 0.478. The first-order chi connectivity index (χ1) is 17.3. The number of carboxylic acids is 2. The van der Waals surface area contributed by atoms with Crippen molar-refractivity contribution in [2.24, 2.45) is 0 Å². The molecule has 1 aromatic carbocycles. The Kier molecular flexibility index (Phi) is 13.4. The van der Waals surface area contributed by atoms with Crippen molar-refractivity contribution < 1.29 is 46.1 Å². The van der Waals surface area contributed by atoms with Gasteiger partial charge in [-0.2, -0.15) is 26.3 Å². The zero-order chi connectivity index (χ0) is 27.9. The molecule has 2 aromatic rings. The van der Waals surface area contributed by atoms with E-state index in [1.807, 2.05) is 18.5 Å². The first kappa shape index (κ1) is 31.6. The third-order valence-corrected chi connectivity index (χ3v) is 4.94. The molecule has 2 heterocycles. The smallest absolute Gasteiger partial charge is 0.475 e. The molecule has 14 heteroatoms. The molecule has 0 radical (unpaired) electrons. The molecule has 0 saturated carbocycles. The van der Waals surface area contributed by atoms with E-state index >= 15 is 0 Å². The van der Waals surface area contributed by atoms with Gasteiger partial charge in [0, 0.05) is 32.0 Å². The van der Waals surface area contributed by atoms with Crippen LogP contribution in [0, 0.1) is 0 Å². The number of hydrogen-bond donors (Lipinski definition) is 2. The number of alkyl halides is 6. The highest BCUT2D eigenvalue weighted by molar-refractivity contribution is 5.73. The van der Waals surface area contributed by atoms with Gasteiger partial charge in [0.2, 0.25) is 5.95 Å². The van der Waals surface area contributed by atoms with Gasteiger partial charge in [0.15, 0.2) is 0 Å². The highest BCUT2D eigenvalue weighted by Crippen LogP contribution is 2.14. The molecule has 1 aromatic heterocycles. The van der Waals surface area contributed by atoms with Crippen molar-refractivity contribution in [1.82, 2.24) is 14.9 Å². The third-order valence-electron chi connectivity index (χ3n) is 4.94. The average Bonchev–Trinajstić information content (AvgIpc) is 3.08. The van der Waals surface area contributed by atoms with Crippen molar-refractivity contribution in [2.45, 2.75) is 38.0 Å². The largest absolute Gasteiger partial charge is 0.490 e. The first-order valence-electron chi connectivity index (χ1n) is 11.2. The van der Waals surface area contributed by atoms with E-state index in [0.717, 1.165) is 25.6 Å². The second kappa shape index (κ2) is 15.6. The van der Waals surface area contributed by atoms with Gasteiger partial charge in [-0.25, -0.2) is 19.6 Å². The highest BCUT2D eigenvalue weighted by atomic mass is 19.4. The minimum absolute atomic E-state index is 0.874. The number of aliphatic carboxylic acids is 2. The number of halogens is 6. The quantitative estimate of drug-likeness (QED) is 0.415. The molecule has 1 aliphatic rings. The fourth-order valence-electron chi connectivity index (χ4n) is 3.16. The van der Waals surface area contributed by atoms with Crippen molar-refractivity contribution in [3.05, 3.63) is 54.4 Å². The molecule has 0 amide bonds. The summed E-state index contributed by atoms with van der Waals surface area (Å²) in [6.45, 7) is 5.60. The minimum atomic E-state index is -5.08. The van der Waals surface area contributed by atoms with Crippen molar-refractivity contribution in [2.75, 3.05) is 37.6 Å². The van der Waals surface area contributed by atoms with Crippen LogP contribution in [-0.2, 0) is 16.0 Å². The molecule has 37 heavy (non-hydrogen) atoms. The molecule has 3 rings (SSSR count). The number of hydrogen-bond acceptors (Lipinski definition) is 6. The summed E-state index contributed by atoms with van der Waals surface area (Å²) in [7, 11) is 0. The zero-order valence-corrected chi connectivity index (χ0v) is 19.8. The van der Waals surface area contributed by atoms with Crippen molar-refractivity contribution in [3.8, 4) is 0 Å².